The van der Waals surface area contributed by atoms with Crippen LogP contribution in [0.4, 0.5) is 0 Å². The van der Waals surface area contributed by atoms with Gasteiger partial charge in [-0.05, 0) is 30.9 Å². The van der Waals surface area contributed by atoms with Gasteiger partial charge < -0.3 is 18.8 Å². The van der Waals surface area contributed by atoms with Crippen LogP contribution in [0.2, 0.25) is 0 Å². The van der Waals surface area contributed by atoms with E-state index in [2.05, 4.69) is 0 Å². The van der Waals surface area contributed by atoms with Crippen LogP contribution in [0.25, 0.3) is 11.3 Å². The largest absolute Gasteiger partial charge is 0.477 e. The summed E-state index contributed by atoms with van der Waals surface area (Å²) < 4.78 is 12.4. The van der Waals surface area contributed by atoms with Crippen LogP contribution in [0.3, 0.4) is 0 Å². The van der Waals surface area contributed by atoms with Gasteiger partial charge in [-0.1, -0.05) is 0 Å². The number of carboxylic acids is 1. The summed E-state index contributed by atoms with van der Waals surface area (Å²) in [5.74, 6) is -0.421. The third-order valence-electron chi connectivity index (χ3n) is 3.91. The van der Waals surface area contributed by atoms with Crippen molar-refractivity contribution < 1.29 is 19.1 Å². The first-order valence-corrected chi connectivity index (χ1v) is 7.24. The van der Waals surface area contributed by atoms with Crippen molar-refractivity contribution in [1.29, 1.82) is 0 Å². The zero-order chi connectivity index (χ0) is 15.5. The Labute approximate surface area is 126 Å². The molecule has 1 aliphatic rings. The molecular weight excluding hydrogens is 286 g/mol. The molecule has 1 aliphatic heterocycles. The van der Waals surface area contributed by atoms with Crippen LogP contribution in [-0.2, 0) is 11.3 Å². The van der Waals surface area contributed by atoms with E-state index in [-0.39, 0.29) is 11.1 Å². The number of carboxylic acid groups (broad SMARTS) is 1. The first-order chi connectivity index (χ1) is 10.6. The van der Waals surface area contributed by atoms with Gasteiger partial charge in [0.2, 0.25) is 5.43 Å². The predicted molar refractivity (Wildman–Crippen MR) is 78.9 cm³/mol. The Hall–Kier alpha value is -2.34. The molecule has 3 rings (SSSR count). The molecule has 2 aromatic rings. The molecule has 0 unspecified atom stereocenters. The van der Waals surface area contributed by atoms with Crippen molar-refractivity contribution in [2.24, 2.45) is 5.92 Å². The quantitative estimate of drug-likeness (QED) is 0.936. The van der Waals surface area contributed by atoms with Crippen molar-refractivity contribution in [2.75, 3.05) is 13.2 Å². The molecule has 6 nitrogen and oxygen atoms in total. The number of aromatic carboxylic acids is 1. The summed E-state index contributed by atoms with van der Waals surface area (Å²) in [4.78, 5) is 23.6. The molecule has 1 saturated heterocycles. The van der Waals surface area contributed by atoms with Gasteiger partial charge in [-0.25, -0.2) is 4.79 Å². The summed E-state index contributed by atoms with van der Waals surface area (Å²) in [6, 6.07) is 3.33. The first-order valence-electron chi connectivity index (χ1n) is 7.24. The smallest absolute Gasteiger partial charge is 0.341 e. The van der Waals surface area contributed by atoms with Gasteiger partial charge in [0.25, 0.3) is 0 Å². The minimum atomic E-state index is -1.22. The number of furan rings is 1. The fourth-order valence-corrected chi connectivity index (χ4v) is 2.72. The number of hydrogen-bond donors (Lipinski definition) is 1. The van der Waals surface area contributed by atoms with Crippen LogP contribution in [0, 0.1) is 5.92 Å². The molecule has 22 heavy (non-hydrogen) atoms. The molecule has 0 bridgehead atoms. The van der Waals surface area contributed by atoms with Crippen LogP contribution >= 0.6 is 0 Å². The van der Waals surface area contributed by atoms with Crippen LogP contribution in [0.5, 0.6) is 0 Å². The predicted octanol–water partition coefficient (Wildman–Crippen LogP) is 2.23. The van der Waals surface area contributed by atoms with Crippen molar-refractivity contribution >= 4 is 5.97 Å². The SMILES string of the molecule is O=C(O)c1cn(CC2CCOCC2)cc(-c2ccco2)c1=O. The summed E-state index contributed by atoms with van der Waals surface area (Å²) >= 11 is 0. The number of hydrogen-bond acceptors (Lipinski definition) is 4. The zero-order valence-corrected chi connectivity index (χ0v) is 12.0. The Balaban J connectivity index is 1.99. The lowest BCUT2D eigenvalue weighted by Gasteiger charge is -2.23. The van der Waals surface area contributed by atoms with E-state index >= 15 is 0 Å². The lowest BCUT2D eigenvalue weighted by Crippen LogP contribution is -2.24. The zero-order valence-electron chi connectivity index (χ0n) is 12.0. The molecule has 6 heteroatoms. The molecule has 0 aromatic carbocycles. The minimum absolute atomic E-state index is 0.235. The highest BCUT2D eigenvalue weighted by molar-refractivity contribution is 5.88. The number of ether oxygens (including phenoxy) is 1. The Morgan fingerprint density at radius 1 is 1.32 bits per heavy atom. The first kappa shape index (κ1) is 14.6. The third-order valence-corrected chi connectivity index (χ3v) is 3.91. The van der Waals surface area contributed by atoms with Crippen molar-refractivity contribution in [1.82, 2.24) is 4.57 Å². The van der Waals surface area contributed by atoms with E-state index in [4.69, 9.17) is 9.15 Å². The summed E-state index contributed by atoms with van der Waals surface area (Å²) in [7, 11) is 0. The summed E-state index contributed by atoms with van der Waals surface area (Å²) in [5.41, 5.74) is -0.483. The van der Waals surface area contributed by atoms with Gasteiger partial charge in [0, 0.05) is 32.2 Å². The van der Waals surface area contributed by atoms with Crippen molar-refractivity contribution in [3.63, 3.8) is 0 Å². The van der Waals surface area contributed by atoms with Crippen LogP contribution < -0.4 is 5.43 Å². The van der Waals surface area contributed by atoms with Gasteiger partial charge in [-0.15, -0.1) is 0 Å². The average molecular weight is 303 g/mol. The van der Waals surface area contributed by atoms with Gasteiger partial charge in [0.15, 0.2) is 0 Å². The Kier molecular flexibility index (Phi) is 4.11. The van der Waals surface area contributed by atoms with E-state index < -0.39 is 11.4 Å². The highest BCUT2D eigenvalue weighted by Crippen LogP contribution is 2.20. The fraction of sp³-hybridized carbons (Fsp3) is 0.375. The average Bonchev–Trinajstić information content (AvgIpc) is 3.04. The normalized spacial score (nSPS) is 15.8. The molecule has 0 atom stereocenters. The fourth-order valence-electron chi connectivity index (χ4n) is 2.72. The summed E-state index contributed by atoms with van der Waals surface area (Å²) in [6.07, 6.45) is 6.41. The van der Waals surface area contributed by atoms with Gasteiger partial charge in [-0.3, -0.25) is 4.79 Å². The standard InChI is InChI=1S/C16H17NO5/c18-15-12(14-2-1-5-22-14)9-17(10-13(15)16(19)20)8-11-3-6-21-7-4-11/h1-2,5,9-11H,3-4,6-8H2,(H,19,20). The second-order valence-corrected chi connectivity index (χ2v) is 5.45. The molecule has 0 spiro atoms. The summed E-state index contributed by atoms with van der Waals surface area (Å²) in [6.45, 7) is 2.11. The van der Waals surface area contributed by atoms with Crippen molar-refractivity contribution in [3.05, 3.63) is 46.6 Å². The molecule has 2 aromatic heterocycles. The lowest BCUT2D eigenvalue weighted by atomic mass is 10.00. The number of pyridine rings is 1. The van der Waals surface area contributed by atoms with Crippen LogP contribution in [0.15, 0.2) is 40.0 Å². The molecule has 0 saturated carbocycles. The van der Waals surface area contributed by atoms with Crippen molar-refractivity contribution in [3.8, 4) is 11.3 Å². The van der Waals surface area contributed by atoms with Crippen LogP contribution in [-0.4, -0.2) is 28.9 Å². The van der Waals surface area contributed by atoms with Gasteiger partial charge >= 0.3 is 5.97 Å². The summed E-state index contributed by atoms with van der Waals surface area (Å²) in [5, 5.41) is 9.25. The molecule has 0 amide bonds. The molecule has 3 heterocycles. The number of nitrogens with zero attached hydrogens (tertiary/aromatic N) is 1. The van der Waals surface area contributed by atoms with Gasteiger partial charge in [0.05, 0.1) is 11.8 Å². The van der Waals surface area contributed by atoms with Crippen LogP contribution in [0.1, 0.15) is 23.2 Å². The highest BCUT2D eigenvalue weighted by atomic mass is 16.5. The molecule has 0 radical (unpaired) electrons. The van der Waals surface area contributed by atoms with Gasteiger partial charge in [-0.2, -0.15) is 0 Å². The second-order valence-electron chi connectivity index (χ2n) is 5.45. The van der Waals surface area contributed by atoms with E-state index in [1.165, 1.54) is 12.5 Å². The molecule has 116 valence electrons. The maximum atomic E-state index is 12.3. The second kappa shape index (κ2) is 6.19. The lowest BCUT2D eigenvalue weighted by molar-refractivity contribution is 0.0609. The van der Waals surface area contributed by atoms with E-state index in [0.29, 0.717) is 18.2 Å². The van der Waals surface area contributed by atoms with Crippen molar-refractivity contribution in [2.45, 2.75) is 19.4 Å². The Bertz CT molecular complexity index is 711. The molecule has 1 fully saturated rings. The monoisotopic (exact) mass is 303 g/mol. The highest BCUT2D eigenvalue weighted by Gasteiger charge is 2.19. The minimum Gasteiger partial charge on any atom is -0.477 e. The third kappa shape index (κ3) is 2.96. The number of aromatic nitrogens is 1. The topological polar surface area (TPSA) is 81.7 Å². The molecule has 1 N–H and O–H groups in total. The Morgan fingerprint density at radius 2 is 2.09 bits per heavy atom. The number of carbonyl (C=O) groups is 1. The van der Waals surface area contributed by atoms with E-state index in [0.717, 1.165) is 26.1 Å². The number of rotatable bonds is 4. The maximum absolute atomic E-state index is 12.3. The Morgan fingerprint density at radius 3 is 2.73 bits per heavy atom. The van der Waals surface area contributed by atoms with Gasteiger partial charge in [0.1, 0.15) is 11.3 Å². The maximum Gasteiger partial charge on any atom is 0.341 e. The van der Waals surface area contributed by atoms with E-state index in [1.54, 1.807) is 22.9 Å². The molecular formula is C16H17NO5. The molecule has 0 aliphatic carbocycles. The van der Waals surface area contributed by atoms with E-state index in [9.17, 15) is 14.7 Å². The van der Waals surface area contributed by atoms with E-state index in [1.807, 2.05) is 0 Å².